The molecule has 3 heteroatoms. The van der Waals surface area contributed by atoms with Gasteiger partial charge in [-0.05, 0) is 70.0 Å². The smallest absolute Gasteiger partial charge is 0.224 e. The number of likely N-dealkylation sites (tertiary alicyclic amines) is 1. The van der Waals surface area contributed by atoms with Gasteiger partial charge < -0.3 is 10.2 Å². The predicted octanol–water partition coefficient (Wildman–Crippen LogP) is 3.51. The van der Waals surface area contributed by atoms with E-state index in [0.29, 0.717) is 12.5 Å². The molecule has 1 heterocycles. The number of piperidine rings is 1. The van der Waals surface area contributed by atoms with Gasteiger partial charge in [0.15, 0.2) is 0 Å². The van der Waals surface area contributed by atoms with Crippen molar-refractivity contribution >= 4 is 11.6 Å². The van der Waals surface area contributed by atoms with Gasteiger partial charge in [0.1, 0.15) is 0 Å². The number of carbonyl (C=O) groups excluding carboxylic acids is 1. The van der Waals surface area contributed by atoms with Crippen LogP contribution >= 0.6 is 0 Å². The average Bonchev–Trinajstić information content (AvgIpc) is 2.42. The summed E-state index contributed by atoms with van der Waals surface area (Å²) in [6.45, 7) is 5.32. The van der Waals surface area contributed by atoms with E-state index in [1.54, 1.807) is 0 Å². The van der Waals surface area contributed by atoms with E-state index in [0.717, 1.165) is 12.1 Å². The molecule has 1 amide bonds. The van der Waals surface area contributed by atoms with Gasteiger partial charge in [-0.15, -0.1) is 0 Å². The van der Waals surface area contributed by atoms with Gasteiger partial charge >= 0.3 is 0 Å². The maximum Gasteiger partial charge on any atom is 0.224 e. The fraction of sp³-hybridized carbons (Fsp3) is 0.588. The van der Waals surface area contributed by atoms with Crippen molar-refractivity contribution in [3.63, 3.8) is 0 Å². The summed E-state index contributed by atoms with van der Waals surface area (Å²) in [6.07, 6.45) is 5.40. The Kier molecular flexibility index (Phi) is 5.18. The molecule has 110 valence electrons. The fourth-order valence-corrected chi connectivity index (χ4v) is 2.85. The zero-order valence-corrected chi connectivity index (χ0v) is 12.9. The molecule has 1 saturated heterocycles. The van der Waals surface area contributed by atoms with Crippen molar-refractivity contribution in [2.75, 3.05) is 18.9 Å². The quantitative estimate of drug-likeness (QED) is 0.911. The number of hydrogen-bond acceptors (Lipinski definition) is 2. The molecule has 0 saturated carbocycles. The zero-order valence-electron chi connectivity index (χ0n) is 12.9. The van der Waals surface area contributed by atoms with Crippen molar-refractivity contribution in [2.45, 2.75) is 52.0 Å². The van der Waals surface area contributed by atoms with Gasteiger partial charge in [-0.2, -0.15) is 0 Å². The first kappa shape index (κ1) is 15.0. The number of nitrogens with zero attached hydrogens (tertiary/aromatic N) is 1. The highest BCUT2D eigenvalue weighted by molar-refractivity contribution is 5.90. The molecule has 1 aromatic rings. The van der Waals surface area contributed by atoms with Crippen LogP contribution in [0.1, 0.15) is 43.2 Å². The lowest BCUT2D eigenvalue weighted by atomic mass is 9.98. The Balaban J connectivity index is 1.81. The Labute approximate surface area is 122 Å². The summed E-state index contributed by atoms with van der Waals surface area (Å²) in [5, 5.41) is 3.01. The van der Waals surface area contributed by atoms with Crippen LogP contribution in [-0.2, 0) is 4.79 Å². The van der Waals surface area contributed by atoms with Crippen LogP contribution in [0.2, 0.25) is 0 Å². The van der Waals surface area contributed by atoms with Gasteiger partial charge in [0.2, 0.25) is 5.91 Å². The van der Waals surface area contributed by atoms with Gasteiger partial charge in [0.25, 0.3) is 0 Å². The predicted molar refractivity (Wildman–Crippen MR) is 84.0 cm³/mol. The van der Waals surface area contributed by atoms with Crippen LogP contribution < -0.4 is 5.32 Å². The third-order valence-electron chi connectivity index (χ3n) is 4.42. The third kappa shape index (κ3) is 4.07. The zero-order chi connectivity index (χ0) is 14.5. The molecule has 20 heavy (non-hydrogen) atoms. The molecule has 2 rings (SSSR count). The molecule has 1 atom stereocenters. The van der Waals surface area contributed by atoms with Crippen LogP contribution in [0.15, 0.2) is 18.2 Å². The first-order chi connectivity index (χ1) is 9.56. The molecule has 1 fully saturated rings. The topological polar surface area (TPSA) is 32.3 Å². The van der Waals surface area contributed by atoms with Gasteiger partial charge in [-0.1, -0.05) is 12.5 Å². The van der Waals surface area contributed by atoms with Crippen molar-refractivity contribution in [1.82, 2.24) is 4.90 Å². The Hall–Kier alpha value is -1.35. The van der Waals surface area contributed by atoms with E-state index >= 15 is 0 Å². The number of nitrogens with one attached hydrogen (secondary N) is 1. The minimum Gasteiger partial charge on any atom is -0.326 e. The third-order valence-corrected chi connectivity index (χ3v) is 4.42. The summed E-state index contributed by atoms with van der Waals surface area (Å²) >= 11 is 0. The Bertz CT molecular complexity index is 470. The maximum absolute atomic E-state index is 12.0. The van der Waals surface area contributed by atoms with Gasteiger partial charge in [0, 0.05) is 18.2 Å². The van der Waals surface area contributed by atoms with Crippen LogP contribution in [0, 0.1) is 13.8 Å². The van der Waals surface area contributed by atoms with Gasteiger partial charge in [-0.25, -0.2) is 0 Å². The molecule has 3 nitrogen and oxygen atoms in total. The van der Waals surface area contributed by atoms with E-state index in [9.17, 15) is 4.79 Å². The van der Waals surface area contributed by atoms with Crippen LogP contribution in [0.4, 0.5) is 5.69 Å². The molecule has 0 radical (unpaired) electrons. The lowest BCUT2D eigenvalue weighted by molar-refractivity contribution is -0.116. The number of carbonyl (C=O) groups is 1. The Morgan fingerprint density at radius 3 is 2.80 bits per heavy atom. The number of aryl methyl sites for hydroxylation is 2. The fourth-order valence-electron chi connectivity index (χ4n) is 2.85. The molecular weight excluding hydrogens is 248 g/mol. The van der Waals surface area contributed by atoms with Crippen molar-refractivity contribution in [1.29, 1.82) is 0 Å². The maximum atomic E-state index is 12.0. The molecule has 1 aliphatic rings. The van der Waals surface area contributed by atoms with Gasteiger partial charge in [-0.3, -0.25) is 4.79 Å². The van der Waals surface area contributed by atoms with Crippen molar-refractivity contribution in [3.8, 4) is 0 Å². The second-order valence-corrected chi connectivity index (χ2v) is 6.02. The minimum absolute atomic E-state index is 0.132. The number of anilines is 1. The van der Waals surface area contributed by atoms with E-state index in [-0.39, 0.29) is 5.91 Å². The van der Waals surface area contributed by atoms with E-state index < -0.39 is 0 Å². The van der Waals surface area contributed by atoms with E-state index in [1.165, 1.54) is 36.9 Å². The number of hydrogen-bond donors (Lipinski definition) is 1. The van der Waals surface area contributed by atoms with Crippen LogP contribution in [0.25, 0.3) is 0 Å². The molecule has 1 N–H and O–H groups in total. The number of rotatable bonds is 4. The molecule has 1 aliphatic heterocycles. The molecule has 0 bridgehead atoms. The summed E-state index contributed by atoms with van der Waals surface area (Å²) < 4.78 is 0. The second kappa shape index (κ2) is 6.89. The van der Waals surface area contributed by atoms with E-state index in [1.807, 2.05) is 12.1 Å². The largest absolute Gasteiger partial charge is 0.326 e. The highest BCUT2D eigenvalue weighted by atomic mass is 16.1. The molecule has 1 unspecified atom stereocenters. The van der Waals surface area contributed by atoms with E-state index in [2.05, 4.69) is 37.2 Å². The standard InChI is InChI=1S/C17H26N2O/c1-13-7-8-15(12-14(13)2)18-17(20)10-9-16-6-4-5-11-19(16)3/h7-8,12,16H,4-6,9-11H2,1-3H3,(H,18,20). The summed E-state index contributed by atoms with van der Waals surface area (Å²) in [5.41, 5.74) is 3.39. The molecule has 0 aromatic heterocycles. The van der Waals surface area contributed by atoms with Crippen LogP contribution in [-0.4, -0.2) is 30.4 Å². The Morgan fingerprint density at radius 1 is 1.30 bits per heavy atom. The Morgan fingerprint density at radius 2 is 2.10 bits per heavy atom. The van der Waals surface area contributed by atoms with Crippen LogP contribution in [0.3, 0.4) is 0 Å². The highest BCUT2D eigenvalue weighted by Gasteiger charge is 2.19. The average molecular weight is 274 g/mol. The first-order valence-corrected chi connectivity index (χ1v) is 7.63. The van der Waals surface area contributed by atoms with Crippen LogP contribution in [0.5, 0.6) is 0 Å². The summed E-state index contributed by atoms with van der Waals surface area (Å²) in [7, 11) is 2.17. The summed E-state index contributed by atoms with van der Waals surface area (Å²) in [4.78, 5) is 14.4. The van der Waals surface area contributed by atoms with Crippen molar-refractivity contribution in [2.24, 2.45) is 0 Å². The minimum atomic E-state index is 0.132. The first-order valence-electron chi connectivity index (χ1n) is 7.63. The lowest BCUT2D eigenvalue weighted by Gasteiger charge is -2.32. The molecule has 0 spiro atoms. The molecule has 0 aliphatic carbocycles. The highest BCUT2D eigenvalue weighted by Crippen LogP contribution is 2.20. The number of benzene rings is 1. The lowest BCUT2D eigenvalue weighted by Crippen LogP contribution is -2.36. The normalized spacial score (nSPS) is 19.9. The second-order valence-electron chi connectivity index (χ2n) is 6.02. The van der Waals surface area contributed by atoms with Crippen molar-refractivity contribution in [3.05, 3.63) is 29.3 Å². The summed E-state index contributed by atoms with van der Waals surface area (Å²) in [5.74, 6) is 0.132. The molecular formula is C17H26N2O. The SMILES string of the molecule is Cc1ccc(NC(=O)CCC2CCCCN2C)cc1C. The number of amides is 1. The van der Waals surface area contributed by atoms with Gasteiger partial charge in [0.05, 0.1) is 0 Å². The summed E-state index contributed by atoms with van der Waals surface area (Å²) in [6, 6.07) is 6.65. The monoisotopic (exact) mass is 274 g/mol. The van der Waals surface area contributed by atoms with E-state index in [4.69, 9.17) is 0 Å². The molecule has 1 aromatic carbocycles. The van der Waals surface area contributed by atoms with Crippen molar-refractivity contribution < 1.29 is 4.79 Å².